The highest BCUT2D eigenvalue weighted by atomic mass is 32.2. The SMILES string of the molecule is Cc1n[nH]c(C)c1S(=O)(=O)N1CCC[C@H](C(=O)Nc2ccc(C(C)(C)C)cc2)C1. The van der Waals surface area contributed by atoms with Crippen molar-refractivity contribution >= 4 is 21.6 Å². The summed E-state index contributed by atoms with van der Waals surface area (Å²) in [6.07, 6.45) is 1.32. The molecule has 1 saturated heterocycles. The highest BCUT2D eigenvalue weighted by Gasteiger charge is 2.35. The van der Waals surface area contributed by atoms with Gasteiger partial charge in [0.15, 0.2) is 0 Å². The maximum absolute atomic E-state index is 13.1. The largest absolute Gasteiger partial charge is 0.326 e. The first-order valence-electron chi connectivity index (χ1n) is 9.93. The molecular weight excluding hydrogens is 388 g/mol. The Bertz CT molecular complexity index is 968. The van der Waals surface area contributed by atoms with E-state index in [-0.39, 0.29) is 28.7 Å². The number of H-pyrrole nitrogens is 1. The number of hydrogen-bond acceptors (Lipinski definition) is 4. The number of aryl methyl sites for hydroxylation is 2. The number of carbonyl (C=O) groups excluding carboxylic acids is 1. The molecule has 29 heavy (non-hydrogen) atoms. The molecule has 1 atom stereocenters. The average Bonchev–Trinajstić information content (AvgIpc) is 3.00. The Hall–Kier alpha value is -2.19. The lowest BCUT2D eigenvalue weighted by molar-refractivity contribution is -0.120. The van der Waals surface area contributed by atoms with E-state index in [0.29, 0.717) is 30.8 Å². The number of aromatic nitrogens is 2. The molecule has 0 bridgehead atoms. The van der Waals surface area contributed by atoms with E-state index >= 15 is 0 Å². The van der Waals surface area contributed by atoms with Gasteiger partial charge in [-0.15, -0.1) is 0 Å². The maximum atomic E-state index is 13.1. The second-order valence-corrected chi connectivity index (χ2v) is 10.7. The molecule has 1 aliphatic heterocycles. The van der Waals surface area contributed by atoms with Crippen molar-refractivity contribution in [3.63, 3.8) is 0 Å². The van der Waals surface area contributed by atoms with Crippen LogP contribution in [-0.4, -0.2) is 41.9 Å². The van der Waals surface area contributed by atoms with E-state index < -0.39 is 10.0 Å². The Morgan fingerprint density at radius 2 is 1.86 bits per heavy atom. The molecule has 0 aliphatic carbocycles. The number of carbonyl (C=O) groups is 1. The topological polar surface area (TPSA) is 95.2 Å². The monoisotopic (exact) mass is 418 g/mol. The van der Waals surface area contributed by atoms with Gasteiger partial charge in [-0.2, -0.15) is 9.40 Å². The minimum absolute atomic E-state index is 0.0457. The fraction of sp³-hybridized carbons (Fsp3) is 0.524. The van der Waals surface area contributed by atoms with E-state index in [4.69, 9.17) is 0 Å². The second-order valence-electron chi connectivity index (χ2n) is 8.78. The van der Waals surface area contributed by atoms with Gasteiger partial charge in [0, 0.05) is 18.8 Å². The van der Waals surface area contributed by atoms with E-state index in [1.165, 1.54) is 9.87 Å². The van der Waals surface area contributed by atoms with Crippen LogP contribution in [0.2, 0.25) is 0 Å². The molecule has 1 aromatic carbocycles. The van der Waals surface area contributed by atoms with Crippen LogP contribution in [0.25, 0.3) is 0 Å². The Kier molecular flexibility index (Phi) is 5.87. The van der Waals surface area contributed by atoms with Gasteiger partial charge in [-0.3, -0.25) is 9.89 Å². The fourth-order valence-corrected chi connectivity index (χ4v) is 5.58. The van der Waals surface area contributed by atoms with Crippen LogP contribution in [0.15, 0.2) is 29.2 Å². The third-order valence-electron chi connectivity index (χ3n) is 5.43. The van der Waals surface area contributed by atoms with Gasteiger partial charge in [0.2, 0.25) is 15.9 Å². The van der Waals surface area contributed by atoms with Crippen molar-refractivity contribution in [1.82, 2.24) is 14.5 Å². The van der Waals surface area contributed by atoms with Crippen LogP contribution in [-0.2, 0) is 20.2 Å². The maximum Gasteiger partial charge on any atom is 0.246 e. The summed E-state index contributed by atoms with van der Waals surface area (Å²) in [6.45, 7) is 10.4. The zero-order chi connectivity index (χ0) is 21.4. The molecule has 1 amide bonds. The van der Waals surface area contributed by atoms with Crippen LogP contribution < -0.4 is 5.32 Å². The number of aromatic amines is 1. The Morgan fingerprint density at radius 1 is 1.21 bits per heavy atom. The van der Waals surface area contributed by atoms with Crippen LogP contribution in [0.5, 0.6) is 0 Å². The van der Waals surface area contributed by atoms with Crippen LogP contribution in [0, 0.1) is 19.8 Å². The van der Waals surface area contributed by atoms with Gasteiger partial charge in [0.25, 0.3) is 0 Å². The van der Waals surface area contributed by atoms with Crippen LogP contribution in [0.3, 0.4) is 0 Å². The number of anilines is 1. The minimum Gasteiger partial charge on any atom is -0.326 e. The zero-order valence-corrected chi connectivity index (χ0v) is 18.6. The fourth-order valence-electron chi connectivity index (χ4n) is 3.72. The van der Waals surface area contributed by atoms with Crippen molar-refractivity contribution in [2.45, 2.75) is 57.8 Å². The Balaban J connectivity index is 1.71. The normalized spacial score (nSPS) is 18.6. The summed E-state index contributed by atoms with van der Waals surface area (Å²) in [5.74, 6) is -0.526. The van der Waals surface area contributed by atoms with Crippen LogP contribution in [0.4, 0.5) is 5.69 Å². The van der Waals surface area contributed by atoms with Gasteiger partial charge in [-0.25, -0.2) is 8.42 Å². The molecule has 1 aliphatic rings. The summed E-state index contributed by atoms with van der Waals surface area (Å²) >= 11 is 0. The lowest BCUT2D eigenvalue weighted by Gasteiger charge is -2.31. The first-order chi connectivity index (χ1) is 13.5. The summed E-state index contributed by atoms with van der Waals surface area (Å²) < 4.78 is 27.6. The lowest BCUT2D eigenvalue weighted by atomic mass is 9.87. The number of nitrogens with one attached hydrogen (secondary N) is 2. The number of benzene rings is 1. The molecular formula is C21H30N4O3S. The molecule has 2 heterocycles. The summed E-state index contributed by atoms with van der Waals surface area (Å²) in [4.78, 5) is 13.0. The Labute approximate surface area is 172 Å². The lowest BCUT2D eigenvalue weighted by Crippen LogP contribution is -2.43. The minimum atomic E-state index is -3.68. The molecule has 1 aromatic heterocycles. The molecule has 0 radical (unpaired) electrons. The van der Waals surface area contributed by atoms with Gasteiger partial charge in [0.1, 0.15) is 4.90 Å². The van der Waals surface area contributed by atoms with Gasteiger partial charge < -0.3 is 5.32 Å². The standard InChI is InChI=1S/C21H30N4O3S/c1-14-19(15(2)24-23-14)29(27,28)25-12-6-7-16(13-25)20(26)22-18-10-8-17(9-11-18)21(3,4)5/h8-11,16H,6-7,12-13H2,1-5H3,(H,22,26)(H,23,24)/t16-/m0/s1. The second kappa shape index (κ2) is 7.91. The van der Waals surface area contributed by atoms with Crippen LogP contribution >= 0.6 is 0 Å². The van der Waals surface area contributed by atoms with E-state index in [0.717, 1.165) is 5.69 Å². The van der Waals surface area contributed by atoms with E-state index in [1.807, 2.05) is 24.3 Å². The predicted molar refractivity (Wildman–Crippen MR) is 113 cm³/mol. The highest BCUT2D eigenvalue weighted by Crippen LogP contribution is 2.28. The number of hydrogen-bond donors (Lipinski definition) is 2. The Morgan fingerprint density at radius 3 is 2.41 bits per heavy atom. The molecule has 1 fully saturated rings. The molecule has 2 aromatic rings. The zero-order valence-electron chi connectivity index (χ0n) is 17.7. The van der Waals surface area contributed by atoms with Gasteiger partial charge in [0.05, 0.1) is 17.3 Å². The molecule has 0 saturated carbocycles. The van der Waals surface area contributed by atoms with Crippen molar-refractivity contribution in [3.05, 3.63) is 41.2 Å². The van der Waals surface area contributed by atoms with E-state index in [9.17, 15) is 13.2 Å². The van der Waals surface area contributed by atoms with Crippen molar-refractivity contribution in [2.75, 3.05) is 18.4 Å². The van der Waals surface area contributed by atoms with Gasteiger partial charge >= 0.3 is 0 Å². The first kappa shape index (κ1) is 21.5. The highest BCUT2D eigenvalue weighted by molar-refractivity contribution is 7.89. The van der Waals surface area contributed by atoms with Crippen LogP contribution in [0.1, 0.15) is 50.6 Å². The molecule has 0 spiro atoms. The third kappa shape index (κ3) is 4.53. The summed E-state index contributed by atoms with van der Waals surface area (Å²) in [7, 11) is -3.68. The summed E-state index contributed by atoms with van der Waals surface area (Å²) in [5.41, 5.74) is 2.94. The number of amides is 1. The van der Waals surface area contributed by atoms with E-state index in [2.05, 4.69) is 36.3 Å². The van der Waals surface area contributed by atoms with Gasteiger partial charge in [-0.05, 0) is 49.8 Å². The molecule has 3 rings (SSSR count). The number of piperidine rings is 1. The van der Waals surface area contributed by atoms with Crippen molar-refractivity contribution < 1.29 is 13.2 Å². The first-order valence-corrected chi connectivity index (χ1v) is 11.4. The molecule has 0 unspecified atom stereocenters. The van der Waals surface area contributed by atoms with E-state index in [1.54, 1.807) is 13.8 Å². The number of sulfonamides is 1. The smallest absolute Gasteiger partial charge is 0.246 e. The molecule has 158 valence electrons. The summed E-state index contributed by atoms with van der Waals surface area (Å²) in [5, 5.41) is 9.67. The van der Waals surface area contributed by atoms with Crippen molar-refractivity contribution in [3.8, 4) is 0 Å². The molecule has 7 nitrogen and oxygen atoms in total. The quantitative estimate of drug-likeness (QED) is 0.796. The molecule has 2 N–H and O–H groups in total. The van der Waals surface area contributed by atoms with Crippen molar-refractivity contribution in [2.24, 2.45) is 5.92 Å². The predicted octanol–water partition coefficient (Wildman–Crippen LogP) is 3.36. The van der Waals surface area contributed by atoms with Crippen molar-refractivity contribution in [1.29, 1.82) is 0 Å². The summed E-state index contributed by atoms with van der Waals surface area (Å²) in [6, 6.07) is 7.82. The van der Waals surface area contributed by atoms with Gasteiger partial charge in [-0.1, -0.05) is 32.9 Å². The average molecular weight is 419 g/mol. The molecule has 8 heteroatoms. The number of nitrogens with zero attached hydrogens (tertiary/aromatic N) is 2. The third-order valence-corrected chi connectivity index (χ3v) is 7.56. The number of rotatable bonds is 4.